The molecular formula is C13H16BrNO3S. The molecule has 1 aliphatic heterocycles. The molecule has 1 fully saturated rings. The van der Waals surface area contributed by atoms with Gasteiger partial charge in [-0.25, -0.2) is 4.79 Å². The largest absolute Gasteiger partial charge is 0.480 e. The van der Waals surface area contributed by atoms with E-state index < -0.39 is 17.4 Å². The molecule has 0 radical (unpaired) electrons. The summed E-state index contributed by atoms with van der Waals surface area (Å²) in [5.74, 6) is -1.12. The smallest absolute Gasteiger partial charge is 0.326 e. The molecule has 1 amide bonds. The van der Waals surface area contributed by atoms with Crippen LogP contribution in [0.3, 0.4) is 0 Å². The molecule has 1 aliphatic rings. The van der Waals surface area contributed by atoms with Gasteiger partial charge in [-0.15, -0.1) is 11.3 Å². The van der Waals surface area contributed by atoms with Crippen molar-refractivity contribution < 1.29 is 14.7 Å². The van der Waals surface area contributed by atoms with Gasteiger partial charge in [0.05, 0.1) is 0 Å². The molecule has 0 aliphatic carbocycles. The summed E-state index contributed by atoms with van der Waals surface area (Å²) in [6, 6.07) is 1.05. The molecule has 0 saturated carbocycles. The molecule has 1 aromatic rings. The Morgan fingerprint density at radius 1 is 1.53 bits per heavy atom. The molecule has 0 spiro atoms. The monoisotopic (exact) mass is 345 g/mol. The lowest BCUT2D eigenvalue weighted by atomic mass is 9.76. The zero-order valence-electron chi connectivity index (χ0n) is 10.9. The van der Waals surface area contributed by atoms with E-state index in [0.717, 1.165) is 17.3 Å². The van der Waals surface area contributed by atoms with Crippen molar-refractivity contribution in [1.29, 1.82) is 0 Å². The van der Waals surface area contributed by atoms with E-state index in [-0.39, 0.29) is 5.91 Å². The normalized spacial score (nSPS) is 22.3. The molecule has 2 heterocycles. The zero-order valence-corrected chi connectivity index (χ0v) is 13.3. The second-order valence-corrected chi connectivity index (χ2v) is 7.20. The van der Waals surface area contributed by atoms with Crippen molar-refractivity contribution in [3.05, 3.63) is 20.8 Å². The Hall–Kier alpha value is -0.880. The highest BCUT2D eigenvalue weighted by molar-refractivity contribution is 9.10. The highest BCUT2D eigenvalue weighted by atomic mass is 79.9. The van der Waals surface area contributed by atoms with E-state index in [9.17, 15) is 14.7 Å². The summed E-state index contributed by atoms with van der Waals surface area (Å²) in [5.41, 5.74) is -0.399. The Kier molecular flexibility index (Phi) is 4.01. The molecule has 1 aromatic heterocycles. The third-order valence-corrected chi connectivity index (χ3v) is 5.40. The highest BCUT2D eigenvalue weighted by Gasteiger charge is 2.45. The molecule has 1 atom stereocenters. The standard InChI is InChI=1S/C13H16BrNO3S/c1-13(2)5-3-6-15(10(13)12(17)18)11(16)9-8(14)4-7-19-9/h4,7,10H,3,5-6H2,1-2H3,(H,17,18). The van der Waals surface area contributed by atoms with Crippen LogP contribution in [0.4, 0.5) is 0 Å². The lowest BCUT2D eigenvalue weighted by Gasteiger charge is -2.43. The Balaban J connectivity index is 2.34. The lowest BCUT2D eigenvalue weighted by molar-refractivity contribution is -0.148. The van der Waals surface area contributed by atoms with Crippen LogP contribution in [0.5, 0.6) is 0 Å². The van der Waals surface area contributed by atoms with Crippen molar-refractivity contribution in [2.45, 2.75) is 32.7 Å². The van der Waals surface area contributed by atoms with Crippen molar-refractivity contribution in [3.8, 4) is 0 Å². The number of likely N-dealkylation sites (tertiary alicyclic amines) is 1. The number of amides is 1. The molecule has 1 unspecified atom stereocenters. The Morgan fingerprint density at radius 2 is 2.21 bits per heavy atom. The van der Waals surface area contributed by atoms with Crippen LogP contribution in [0.15, 0.2) is 15.9 Å². The van der Waals surface area contributed by atoms with Crippen LogP contribution < -0.4 is 0 Å². The molecule has 1 N–H and O–H groups in total. The van der Waals surface area contributed by atoms with Crippen molar-refractivity contribution in [1.82, 2.24) is 4.90 Å². The molecule has 4 nitrogen and oxygen atoms in total. The van der Waals surface area contributed by atoms with Crippen LogP contribution in [0.25, 0.3) is 0 Å². The lowest BCUT2D eigenvalue weighted by Crippen LogP contribution is -2.56. The first-order valence-corrected chi connectivity index (χ1v) is 7.78. The van der Waals surface area contributed by atoms with Gasteiger partial charge in [-0.05, 0) is 45.6 Å². The maximum absolute atomic E-state index is 12.5. The van der Waals surface area contributed by atoms with E-state index in [0.29, 0.717) is 11.4 Å². The van der Waals surface area contributed by atoms with Crippen LogP contribution in [-0.4, -0.2) is 34.5 Å². The fourth-order valence-corrected chi connectivity index (χ4v) is 4.15. The Labute approximate surface area is 124 Å². The number of aliphatic carboxylic acids is 1. The van der Waals surface area contributed by atoms with Crippen molar-refractivity contribution >= 4 is 39.1 Å². The van der Waals surface area contributed by atoms with Gasteiger partial charge in [0, 0.05) is 11.0 Å². The van der Waals surface area contributed by atoms with Crippen LogP contribution >= 0.6 is 27.3 Å². The first-order valence-electron chi connectivity index (χ1n) is 6.11. The summed E-state index contributed by atoms with van der Waals surface area (Å²) in [4.78, 5) is 26.1. The minimum Gasteiger partial charge on any atom is -0.480 e. The first-order chi connectivity index (χ1) is 8.84. The number of hydrogen-bond donors (Lipinski definition) is 1. The van der Waals surface area contributed by atoms with Crippen LogP contribution in [-0.2, 0) is 4.79 Å². The predicted molar refractivity (Wildman–Crippen MR) is 77.5 cm³/mol. The summed E-state index contributed by atoms with van der Waals surface area (Å²) in [5, 5.41) is 11.3. The average Bonchev–Trinajstić information content (AvgIpc) is 2.72. The van der Waals surface area contributed by atoms with Crippen LogP contribution in [0, 0.1) is 5.41 Å². The van der Waals surface area contributed by atoms with Crippen LogP contribution in [0.1, 0.15) is 36.4 Å². The number of carbonyl (C=O) groups is 2. The van der Waals surface area contributed by atoms with Gasteiger partial charge >= 0.3 is 5.97 Å². The topological polar surface area (TPSA) is 57.6 Å². The Morgan fingerprint density at radius 3 is 2.74 bits per heavy atom. The van der Waals surface area contributed by atoms with Gasteiger partial charge in [-0.3, -0.25) is 4.79 Å². The van der Waals surface area contributed by atoms with Crippen molar-refractivity contribution in [2.24, 2.45) is 5.41 Å². The predicted octanol–water partition coefficient (Wildman–Crippen LogP) is 3.23. The van der Waals surface area contributed by atoms with Gasteiger partial charge in [0.2, 0.25) is 0 Å². The molecular weight excluding hydrogens is 330 g/mol. The van der Waals surface area contributed by atoms with Crippen molar-refractivity contribution in [2.75, 3.05) is 6.54 Å². The number of nitrogens with zero attached hydrogens (tertiary/aromatic N) is 1. The molecule has 104 valence electrons. The fraction of sp³-hybridized carbons (Fsp3) is 0.538. The highest BCUT2D eigenvalue weighted by Crippen LogP contribution is 2.37. The average molecular weight is 346 g/mol. The molecule has 0 bridgehead atoms. The number of piperidine rings is 1. The molecule has 0 aromatic carbocycles. The molecule has 19 heavy (non-hydrogen) atoms. The third-order valence-electron chi connectivity index (χ3n) is 3.58. The quantitative estimate of drug-likeness (QED) is 0.895. The number of halogens is 1. The summed E-state index contributed by atoms with van der Waals surface area (Å²) < 4.78 is 0.731. The van der Waals surface area contributed by atoms with Gasteiger partial charge in [-0.2, -0.15) is 0 Å². The van der Waals surface area contributed by atoms with Gasteiger partial charge in [0.15, 0.2) is 0 Å². The van der Waals surface area contributed by atoms with E-state index in [1.165, 1.54) is 16.2 Å². The second kappa shape index (κ2) is 5.25. The van der Waals surface area contributed by atoms with E-state index in [1.54, 1.807) is 0 Å². The fourth-order valence-electron chi connectivity index (χ4n) is 2.66. The minimum atomic E-state index is -0.925. The van der Waals surface area contributed by atoms with E-state index >= 15 is 0 Å². The molecule has 6 heteroatoms. The summed E-state index contributed by atoms with van der Waals surface area (Å²) >= 11 is 4.67. The summed E-state index contributed by atoms with van der Waals surface area (Å²) in [6.45, 7) is 4.33. The zero-order chi connectivity index (χ0) is 14.2. The molecule has 1 saturated heterocycles. The van der Waals surface area contributed by atoms with E-state index in [2.05, 4.69) is 15.9 Å². The number of rotatable bonds is 2. The minimum absolute atomic E-state index is 0.193. The first kappa shape index (κ1) is 14.5. The van der Waals surface area contributed by atoms with Gasteiger partial charge in [0.1, 0.15) is 10.9 Å². The number of thiophene rings is 1. The number of carboxylic acids is 1. The van der Waals surface area contributed by atoms with Crippen LogP contribution in [0.2, 0.25) is 0 Å². The summed E-state index contributed by atoms with van der Waals surface area (Å²) in [7, 11) is 0. The van der Waals surface area contributed by atoms with Crippen molar-refractivity contribution in [3.63, 3.8) is 0 Å². The number of carbonyl (C=O) groups excluding carboxylic acids is 1. The van der Waals surface area contributed by atoms with Gasteiger partial charge in [-0.1, -0.05) is 13.8 Å². The summed E-state index contributed by atoms with van der Waals surface area (Å²) in [6.07, 6.45) is 1.66. The maximum Gasteiger partial charge on any atom is 0.326 e. The van der Waals surface area contributed by atoms with Gasteiger partial charge < -0.3 is 10.0 Å². The SMILES string of the molecule is CC1(C)CCCN(C(=O)c2sccc2Br)C1C(=O)O. The number of carboxylic acid groups (broad SMARTS) is 1. The maximum atomic E-state index is 12.5. The van der Waals surface area contributed by atoms with E-state index in [1.807, 2.05) is 25.3 Å². The second-order valence-electron chi connectivity index (χ2n) is 5.43. The Bertz CT molecular complexity index is 512. The third kappa shape index (κ3) is 2.69. The molecule has 2 rings (SSSR count). The van der Waals surface area contributed by atoms with E-state index in [4.69, 9.17) is 0 Å². The number of hydrogen-bond acceptors (Lipinski definition) is 3. The van der Waals surface area contributed by atoms with Gasteiger partial charge in [0.25, 0.3) is 5.91 Å².